The van der Waals surface area contributed by atoms with Crippen molar-refractivity contribution in [3.05, 3.63) is 82.3 Å². The van der Waals surface area contributed by atoms with E-state index in [-0.39, 0.29) is 24.1 Å². The van der Waals surface area contributed by atoms with E-state index in [0.29, 0.717) is 11.6 Å². The van der Waals surface area contributed by atoms with Gasteiger partial charge in [-0.05, 0) is 31.0 Å². The minimum absolute atomic E-state index is 0.125. The maximum absolute atomic E-state index is 12.0. The topological polar surface area (TPSA) is 134 Å². The van der Waals surface area contributed by atoms with Gasteiger partial charge in [0.2, 0.25) is 0 Å². The molecule has 2 aromatic heterocycles. The van der Waals surface area contributed by atoms with Crippen molar-refractivity contribution in [2.75, 3.05) is 11.9 Å². The number of nitrogens with two attached hydrogens (primary N) is 1. The smallest absolute Gasteiger partial charge is 0.380 e. The molecule has 9 nitrogen and oxygen atoms in total. The summed E-state index contributed by atoms with van der Waals surface area (Å²) in [7, 11) is -4.09. The summed E-state index contributed by atoms with van der Waals surface area (Å²) in [5, 5.41) is 13.4. The van der Waals surface area contributed by atoms with Gasteiger partial charge in [-0.15, -0.1) is 22.7 Å². The molecule has 35 heavy (non-hydrogen) atoms. The Balaban J connectivity index is 1.58. The van der Waals surface area contributed by atoms with Gasteiger partial charge in [0.15, 0.2) is 10.8 Å². The van der Waals surface area contributed by atoms with Crippen LogP contribution in [0.1, 0.15) is 34.7 Å². The monoisotopic (exact) mass is 530 g/mol. The van der Waals surface area contributed by atoms with Crippen LogP contribution in [-0.2, 0) is 21.5 Å². The van der Waals surface area contributed by atoms with Crippen LogP contribution in [0.25, 0.3) is 10.6 Å². The van der Waals surface area contributed by atoms with Gasteiger partial charge in [0.05, 0.1) is 18.3 Å². The van der Waals surface area contributed by atoms with Gasteiger partial charge in [0, 0.05) is 16.3 Å². The first-order valence-electron chi connectivity index (χ1n) is 10.5. The minimum Gasteiger partial charge on any atom is -0.461 e. The molecule has 4 rings (SSSR count). The lowest BCUT2D eigenvalue weighted by Crippen LogP contribution is -2.19. The van der Waals surface area contributed by atoms with Crippen LogP contribution >= 0.6 is 22.7 Å². The second kappa shape index (κ2) is 11.0. The number of aromatic nitrogens is 2. The van der Waals surface area contributed by atoms with Crippen LogP contribution in [0.5, 0.6) is 5.75 Å². The average molecular weight is 531 g/mol. The fourth-order valence-electron chi connectivity index (χ4n) is 3.23. The van der Waals surface area contributed by atoms with Crippen molar-refractivity contribution in [1.29, 1.82) is 0 Å². The first-order valence-corrected chi connectivity index (χ1v) is 13.7. The van der Waals surface area contributed by atoms with Crippen molar-refractivity contribution in [2.24, 2.45) is 5.14 Å². The molecule has 182 valence electrons. The third-order valence-corrected chi connectivity index (χ3v) is 6.87. The van der Waals surface area contributed by atoms with Crippen LogP contribution in [0.3, 0.4) is 0 Å². The molecule has 4 aromatic rings. The van der Waals surface area contributed by atoms with Gasteiger partial charge in [0.25, 0.3) is 0 Å². The van der Waals surface area contributed by atoms with Crippen LogP contribution < -0.4 is 14.6 Å². The van der Waals surface area contributed by atoms with Crippen LogP contribution in [0.4, 0.5) is 5.13 Å². The average Bonchev–Trinajstić information content (AvgIpc) is 3.50. The van der Waals surface area contributed by atoms with E-state index in [0.717, 1.165) is 21.8 Å². The Morgan fingerprint density at radius 3 is 2.49 bits per heavy atom. The second-order valence-corrected chi connectivity index (χ2v) is 10.2. The molecular weight excluding hydrogens is 508 g/mol. The van der Waals surface area contributed by atoms with Gasteiger partial charge in [-0.25, -0.2) is 14.8 Å². The Bertz CT molecular complexity index is 1390. The molecule has 0 aliphatic rings. The van der Waals surface area contributed by atoms with E-state index in [1.54, 1.807) is 24.4 Å². The Hall–Kier alpha value is -3.32. The van der Waals surface area contributed by atoms with Crippen molar-refractivity contribution < 1.29 is 22.1 Å². The lowest BCUT2D eigenvalue weighted by atomic mass is 10.0. The summed E-state index contributed by atoms with van der Waals surface area (Å²) in [4.78, 5) is 21.2. The number of anilines is 1. The molecule has 0 spiro atoms. The zero-order valence-corrected chi connectivity index (χ0v) is 21.0. The quantitative estimate of drug-likeness (QED) is 0.288. The molecule has 0 radical (unpaired) electrons. The number of carbonyl (C=O) groups excluding carboxylic acids is 1. The Kier molecular flexibility index (Phi) is 7.76. The molecule has 0 aliphatic carbocycles. The summed E-state index contributed by atoms with van der Waals surface area (Å²) in [5.41, 5.74) is 2.98. The number of benzene rings is 2. The number of ether oxygens (including phenoxy) is 1. The molecule has 0 fully saturated rings. The number of hydrogen-bond acceptors (Lipinski definition) is 10. The number of esters is 1. The van der Waals surface area contributed by atoms with Crippen molar-refractivity contribution in [3.63, 3.8) is 0 Å². The molecule has 12 heteroatoms. The minimum atomic E-state index is -4.09. The molecule has 1 unspecified atom stereocenters. The molecular formula is C23H22N4O5S3. The normalized spacial score (nSPS) is 12.2. The highest BCUT2D eigenvalue weighted by molar-refractivity contribution is 7.84. The fourth-order valence-corrected chi connectivity index (χ4v) is 5.22. The number of nitrogens with one attached hydrogen (secondary N) is 1. The van der Waals surface area contributed by atoms with E-state index in [1.807, 2.05) is 35.7 Å². The van der Waals surface area contributed by atoms with E-state index in [9.17, 15) is 13.2 Å². The van der Waals surface area contributed by atoms with Crippen molar-refractivity contribution in [2.45, 2.75) is 19.4 Å². The number of thiazole rings is 2. The molecule has 1 atom stereocenters. The zero-order valence-electron chi connectivity index (χ0n) is 18.6. The van der Waals surface area contributed by atoms with Crippen molar-refractivity contribution >= 4 is 44.1 Å². The summed E-state index contributed by atoms with van der Waals surface area (Å²) in [5.74, 6) is -0.349. The van der Waals surface area contributed by atoms with Gasteiger partial charge in [0.1, 0.15) is 10.8 Å². The van der Waals surface area contributed by atoms with Gasteiger partial charge in [-0.1, -0.05) is 42.5 Å². The Morgan fingerprint density at radius 2 is 1.80 bits per heavy atom. The first-order chi connectivity index (χ1) is 16.8. The van der Waals surface area contributed by atoms with Crippen molar-refractivity contribution in [3.8, 4) is 16.3 Å². The van der Waals surface area contributed by atoms with E-state index < -0.39 is 16.3 Å². The summed E-state index contributed by atoms with van der Waals surface area (Å²) in [6.45, 7) is 2.01. The van der Waals surface area contributed by atoms with Crippen LogP contribution in [-0.4, -0.2) is 31.0 Å². The van der Waals surface area contributed by atoms with Crippen LogP contribution in [0.2, 0.25) is 0 Å². The highest BCUT2D eigenvalue weighted by atomic mass is 32.2. The molecule has 0 saturated heterocycles. The summed E-state index contributed by atoms with van der Waals surface area (Å²) < 4.78 is 32.1. The van der Waals surface area contributed by atoms with E-state index in [2.05, 4.69) is 10.3 Å². The molecule has 3 N–H and O–H groups in total. The number of carbonyl (C=O) groups is 1. The Morgan fingerprint density at radius 1 is 1.06 bits per heavy atom. The van der Waals surface area contributed by atoms with E-state index >= 15 is 0 Å². The van der Waals surface area contributed by atoms with Gasteiger partial charge >= 0.3 is 16.3 Å². The molecule has 2 aromatic carbocycles. The highest BCUT2D eigenvalue weighted by Gasteiger charge is 2.20. The number of rotatable bonds is 10. The molecule has 0 amide bonds. The predicted molar refractivity (Wildman–Crippen MR) is 136 cm³/mol. The standard InChI is InChI=1S/C23H22N4O5S3/c1-2-31-22(28)20-14-34-23(27-20)26-18(12-15-8-10-17(11-9-15)32-35(24,29)30)19-13-33-21(25-19)16-6-4-3-5-7-16/h3-11,13-14,18H,2,12H2,1H3,(H,26,27)(H2,24,29,30). The molecule has 0 bridgehead atoms. The highest BCUT2D eigenvalue weighted by Crippen LogP contribution is 2.31. The van der Waals surface area contributed by atoms with Gasteiger partial charge in [-0.3, -0.25) is 0 Å². The van der Waals surface area contributed by atoms with Crippen molar-refractivity contribution in [1.82, 2.24) is 9.97 Å². The summed E-state index contributed by atoms with van der Waals surface area (Å²) in [6.07, 6.45) is 0.516. The second-order valence-electron chi connectivity index (χ2n) is 7.32. The Labute approximate surface area is 210 Å². The lowest BCUT2D eigenvalue weighted by molar-refractivity contribution is 0.0520. The summed E-state index contributed by atoms with van der Waals surface area (Å²) >= 11 is 2.84. The number of hydrogen-bond donors (Lipinski definition) is 2. The number of nitrogens with zero attached hydrogens (tertiary/aromatic N) is 2. The molecule has 0 saturated carbocycles. The van der Waals surface area contributed by atoms with Gasteiger partial charge < -0.3 is 14.2 Å². The van der Waals surface area contributed by atoms with Crippen LogP contribution in [0.15, 0.2) is 65.4 Å². The summed E-state index contributed by atoms with van der Waals surface area (Å²) in [6, 6.07) is 16.2. The maximum atomic E-state index is 12.0. The predicted octanol–water partition coefficient (Wildman–Crippen LogP) is 4.42. The first kappa shape index (κ1) is 24.8. The van der Waals surface area contributed by atoms with E-state index in [4.69, 9.17) is 19.0 Å². The zero-order chi connectivity index (χ0) is 24.8. The van der Waals surface area contributed by atoms with Crippen LogP contribution in [0, 0.1) is 0 Å². The third kappa shape index (κ3) is 6.85. The maximum Gasteiger partial charge on any atom is 0.380 e. The molecule has 0 aliphatic heterocycles. The van der Waals surface area contributed by atoms with Gasteiger partial charge in [-0.2, -0.15) is 13.6 Å². The molecule has 2 heterocycles. The van der Waals surface area contributed by atoms with E-state index in [1.165, 1.54) is 34.8 Å². The largest absolute Gasteiger partial charge is 0.461 e. The SMILES string of the molecule is CCOC(=O)c1csc(NC(Cc2ccc(OS(N)(=O)=O)cc2)c2csc(-c3ccccc3)n2)n1. The third-order valence-electron chi connectivity index (χ3n) is 4.76. The lowest BCUT2D eigenvalue weighted by Gasteiger charge is -2.17. The fraction of sp³-hybridized carbons (Fsp3) is 0.174.